The van der Waals surface area contributed by atoms with Gasteiger partial charge < -0.3 is 10.4 Å². The summed E-state index contributed by atoms with van der Waals surface area (Å²) in [6, 6.07) is 5.93. The molecule has 1 fully saturated rings. The number of hydrogen-bond donors (Lipinski definition) is 2. The summed E-state index contributed by atoms with van der Waals surface area (Å²) in [6.45, 7) is 1.46. The lowest BCUT2D eigenvalue weighted by Crippen LogP contribution is -2.44. The van der Waals surface area contributed by atoms with Crippen molar-refractivity contribution in [1.29, 1.82) is 0 Å². The second-order valence-corrected chi connectivity index (χ2v) is 5.29. The van der Waals surface area contributed by atoms with Crippen molar-refractivity contribution in [3.05, 3.63) is 35.6 Å². The van der Waals surface area contributed by atoms with Crippen LogP contribution in [-0.2, 0) is 4.79 Å². The Kier molecular flexibility index (Phi) is 4.41. The van der Waals surface area contributed by atoms with Gasteiger partial charge in [0, 0.05) is 24.9 Å². The fraction of sp³-hybridized carbons (Fsp3) is 0.438. The van der Waals surface area contributed by atoms with Crippen LogP contribution in [-0.4, -0.2) is 22.7 Å². The van der Waals surface area contributed by atoms with Gasteiger partial charge in [0.1, 0.15) is 11.4 Å². The number of benzene rings is 1. The van der Waals surface area contributed by atoms with Gasteiger partial charge in [-0.3, -0.25) is 4.79 Å². The molecule has 0 saturated heterocycles. The molecule has 1 saturated carbocycles. The second-order valence-electron chi connectivity index (χ2n) is 5.29. The van der Waals surface area contributed by atoms with E-state index in [1.54, 1.807) is 12.1 Å². The number of aliphatic hydroxyl groups is 1. The fourth-order valence-corrected chi connectivity index (χ4v) is 2.53. The van der Waals surface area contributed by atoms with Crippen LogP contribution < -0.4 is 5.32 Å². The highest BCUT2D eigenvalue weighted by Crippen LogP contribution is 2.28. The number of hydrogen-bond acceptors (Lipinski definition) is 2. The number of amides is 1. The van der Waals surface area contributed by atoms with E-state index in [4.69, 9.17) is 0 Å². The molecule has 1 aliphatic carbocycles. The summed E-state index contributed by atoms with van der Waals surface area (Å²) in [5.74, 6) is 5.21. The molecule has 0 aromatic heterocycles. The molecule has 1 aliphatic rings. The third-order valence-electron chi connectivity index (χ3n) is 3.40. The predicted molar refractivity (Wildman–Crippen MR) is 74.3 cm³/mol. The monoisotopic (exact) mass is 275 g/mol. The van der Waals surface area contributed by atoms with E-state index in [1.807, 2.05) is 0 Å². The van der Waals surface area contributed by atoms with Crippen molar-refractivity contribution in [2.75, 3.05) is 0 Å². The zero-order valence-electron chi connectivity index (χ0n) is 11.4. The summed E-state index contributed by atoms with van der Waals surface area (Å²) >= 11 is 0. The molecule has 3 nitrogen and oxygen atoms in total. The largest absolute Gasteiger partial charge is 0.378 e. The summed E-state index contributed by atoms with van der Waals surface area (Å²) in [5, 5.41) is 13.3. The first kappa shape index (κ1) is 14.5. The van der Waals surface area contributed by atoms with Crippen molar-refractivity contribution in [2.24, 2.45) is 0 Å². The number of carbonyl (C=O) groups is 1. The number of halogens is 1. The number of nitrogens with one attached hydrogen (secondary N) is 1. The molecule has 0 spiro atoms. The van der Waals surface area contributed by atoms with Gasteiger partial charge in [-0.15, -0.1) is 0 Å². The number of carbonyl (C=O) groups excluding carboxylic acids is 1. The molecule has 106 valence electrons. The lowest BCUT2D eigenvalue weighted by molar-refractivity contribution is -0.120. The predicted octanol–water partition coefficient (Wildman–Crippen LogP) is 1.99. The van der Waals surface area contributed by atoms with Crippen LogP contribution in [0.2, 0.25) is 0 Å². The average molecular weight is 275 g/mol. The molecule has 1 aromatic rings. The van der Waals surface area contributed by atoms with Crippen molar-refractivity contribution in [1.82, 2.24) is 5.32 Å². The molecule has 0 radical (unpaired) electrons. The van der Waals surface area contributed by atoms with E-state index in [2.05, 4.69) is 17.2 Å². The standard InChI is InChI=1S/C16H18FNO2/c1-12(19)18-15-6-3-8-16(20,11-15)9-7-13-4-2-5-14(17)10-13/h2,4-5,10,15,20H,3,6,8,11H2,1H3,(H,18,19). The van der Waals surface area contributed by atoms with E-state index < -0.39 is 5.60 Å². The molecule has 0 heterocycles. The molecule has 20 heavy (non-hydrogen) atoms. The first-order valence-corrected chi connectivity index (χ1v) is 6.75. The molecule has 4 heteroatoms. The first-order valence-electron chi connectivity index (χ1n) is 6.75. The van der Waals surface area contributed by atoms with E-state index in [1.165, 1.54) is 19.1 Å². The number of rotatable bonds is 1. The average Bonchev–Trinajstić information content (AvgIpc) is 2.36. The first-order chi connectivity index (χ1) is 9.47. The van der Waals surface area contributed by atoms with Crippen LogP contribution in [0.1, 0.15) is 38.2 Å². The highest BCUT2D eigenvalue weighted by Gasteiger charge is 2.33. The quantitative estimate of drug-likeness (QED) is 0.770. The SMILES string of the molecule is CC(=O)NC1CCCC(O)(C#Cc2cccc(F)c2)C1. The minimum Gasteiger partial charge on any atom is -0.378 e. The zero-order valence-corrected chi connectivity index (χ0v) is 11.4. The van der Waals surface area contributed by atoms with Crippen LogP contribution in [0, 0.1) is 17.7 Å². The van der Waals surface area contributed by atoms with Gasteiger partial charge in [0.2, 0.25) is 5.91 Å². The lowest BCUT2D eigenvalue weighted by atomic mass is 9.82. The summed E-state index contributed by atoms with van der Waals surface area (Å²) < 4.78 is 13.1. The summed E-state index contributed by atoms with van der Waals surface area (Å²) in [7, 11) is 0. The third-order valence-corrected chi connectivity index (χ3v) is 3.40. The van der Waals surface area contributed by atoms with E-state index in [9.17, 15) is 14.3 Å². The molecule has 0 bridgehead atoms. The van der Waals surface area contributed by atoms with Crippen LogP contribution in [0.3, 0.4) is 0 Å². The Labute approximate surface area is 118 Å². The molecule has 2 unspecified atom stereocenters. The van der Waals surface area contributed by atoms with E-state index in [-0.39, 0.29) is 17.8 Å². The van der Waals surface area contributed by atoms with Gasteiger partial charge in [-0.2, -0.15) is 0 Å². The lowest BCUT2D eigenvalue weighted by Gasteiger charge is -2.33. The summed E-state index contributed by atoms with van der Waals surface area (Å²) in [5.41, 5.74) is -0.572. The Morgan fingerprint density at radius 3 is 3.05 bits per heavy atom. The molecule has 2 N–H and O–H groups in total. The van der Waals surface area contributed by atoms with Crippen LogP contribution in [0.5, 0.6) is 0 Å². The van der Waals surface area contributed by atoms with E-state index >= 15 is 0 Å². The Bertz CT molecular complexity index is 561. The fourth-order valence-electron chi connectivity index (χ4n) is 2.53. The van der Waals surface area contributed by atoms with Gasteiger partial charge in [0.25, 0.3) is 0 Å². The van der Waals surface area contributed by atoms with Gasteiger partial charge in [-0.25, -0.2) is 4.39 Å². The molecule has 2 atom stereocenters. The molecular weight excluding hydrogens is 257 g/mol. The van der Waals surface area contributed by atoms with Crippen molar-refractivity contribution >= 4 is 5.91 Å². The summed E-state index contributed by atoms with van der Waals surface area (Å²) in [4.78, 5) is 11.1. The maximum absolute atomic E-state index is 13.1. The minimum atomic E-state index is -1.11. The van der Waals surface area contributed by atoms with Gasteiger partial charge >= 0.3 is 0 Å². The van der Waals surface area contributed by atoms with Crippen LogP contribution >= 0.6 is 0 Å². The van der Waals surface area contributed by atoms with E-state index in [0.717, 1.165) is 12.8 Å². The maximum atomic E-state index is 13.1. The van der Waals surface area contributed by atoms with Gasteiger partial charge in [0.05, 0.1) is 0 Å². The molecule has 1 amide bonds. The maximum Gasteiger partial charge on any atom is 0.217 e. The Hall–Kier alpha value is -1.86. The van der Waals surface area contributed by atoms with Crippen molar-refractivity contribution in [3.8, 4) is 11.8 Å². The molecular formula is C16H18FNO2. The van der Waals surface area contributed by atoms with E-state index in [0.29, 0.717) is 18.4 Å². The van der Waals surface area contributed by atoms with Crippen LogP contribution in [0.15, 0.2) is 24.3 Å². The minimum absolute atomic E-state index is 0.0481. The topological polar surface area (TPSA) is 49.3 Å². The van der Waals surface area contributed by atoms with Crippen molar-refractivity contribution < 1.29 is 14.3 Å². The van der Waals surface area contributed by atoms with Gasteiger partial charge in [0.15, 0.2) is 0 Å². The molecule has 1 aromatic carbocycles. The van der Waals surface area contributed by atoms with Crippen molar-refractivity contribution in [3.63, 3.8) is 0 Å². The third kappa shape index (κ3) is 4.07. The Balaban J connectivity index is 2.09. The Morgan fingerprint density at radius 1 is 1.55 bits per heavy atom. The smallest absolute Gasteiger partial charge is 0.217 e. The van der Waals surface area contributed by atoms with Crippen LogP contribution in [0.25, 0.3) is 0 Å². The van der Waals surface area contributed by atoms with Gasteiger partial charge in [-0.05, 0) is 37.5 Å². The molecule has 2 rings (SSSR count). The second kappa shape index (κ2) is 6.06. The normalized spacial score (nSPS) is 25.4. The highest BCUT2D eigenvalue weighted by molar-refractivity contribution is 5.73. The summed E-state index contributed by atoms with van der Waals surface area (Å²) in [6.07, 6.45) is 2.64. The van der Waals surface area contributed by atoms with Crippen molar-refractivity contribution in [2.45, 2.75) is 44.2 Å². The Morgan fingerprint density at radius 2 is 2.35 bits per heavy atom. The molecule has 0 aliphatic heterocycles. The zero-order chi connectivity index (χ0) is 14.6. The highest BCUT2D eigenvalue weighted by atomic mass is 19.1. The van der Waals surface area contributed by atoms with Crippen LogP contribution in [0.4, 0.5) is 4.39 Å². The van der Waals surface area contributed by atoms with Gasteiger partial charge in [-0.1, -0.05) is 17.9 Å².